The third kappa shape index (κ3) is 3.39. The van der Waals surface area contributed by atoms with Crippen molar-refractivity contribution in [3.05, 3.63) is 51.5 Å². The Balaban J connectivity index is 2.11. The molecule has 0 amide bonds. The van der Waals surface area contributed by atoms with E-state index in [4.69, 9.17) is 4.74 Å². The molecule has 4 nitrogen and oxygen atoms in total. The van der Waals surface area contributed by atoms with Gasteiger partial charge in [0.1, 0.15) is 12.4 Å². The Morgan fingerprint density at radius 3 is 2.67 bits per heavy atom. The Labute approximate surface area is 119 Å². The van der Waals surface area contributed by atoms with E-state index < -0.39 is 6.10 Å². The minimum absolute atomic E-state index is 0.460. The quantitative estimate of drug-likeness (QED) is 0.855. The van der Waals surface area contributed by atoms with Gasteiger partial charge in [0.05, 0.1) is 12.8 Å². The second-order valence-corrected chi connectivity index (χ2v) is 5.08. The van der Waals surface area contributed by atoms with Gasteiger partial charge in [-0.2, -0.15) is 0 Å². The van der Waals surface area contributed by atoms with Gasteiger partial charge in [-0.05, 0) is 40.3 Å². The molecule has 0 spiro atoms. The van der Waals surface area contributed by atoms with Crippen LogP contribution < -0.4 is 4.74 Å². The summed E-state index contributed by atoms with van der Waals surface area (Å²) in [5.74, 6) is 0.460. The first-order valence-corrected chi connectivity index (χ1v) is 6.55. The van der Waals surface area contributed by atoms with Gasteiger partial charge in [-0.3, -0.25) is 0 Å². The fourth-order valence-electron chi connectivity index (χ4n) is 1.60. The van der Waals surface area contributed by atoms with Crippen LogP contribution in [0.4, 0.5) is 0 Å². The predicted octanol–water partition coefficient (Wildman–Crippen LogP) is 2.37. The lowest BCUT2D eigenvalue weighted by Crippen LogP contribution is -2.05. The van der Waals surface area contributed by atoms with Crippen molar-refractivity contribution in [3.63, 3.8) is 0 Å². The average Bonchev–Trinajstić information content (AvgIpc) is 2.41. The van der Waals surface area contributed by atoms with E-state index in [2.05, 4.69) is 32.6 Å². The summed E-state index contributed by atoms with van der Waals surface area (Å²) in [7, 11) is 1.54. The summed E-state index contributed by atoms with van der Waals surface area (Å²) in [5, 5.41) is 10.1. The molecule has 0 aliphatic heterocycles. The number of ether oxygens (including phenoxy) is 1. The van der Waals surface area contributed by atoms with E-state index in [-0.39, 0.29) is 0 Å². The van der Waals surface area contributed by atoms with Crippen molar-refractivity contribution in [1.29, 1.82) is 0 Å². The van der Waals surface area contributed by atoms with Crippen LogP contribution in [-0.4, -0.2) is 22.2 Å². The number of halogens is 1. The van der Waals surface area contributed by atoms with Crippen molar-refractivity contribution in [2.75, 3.05) is 7.11 Å². The maximum atomic E-state index is 10.1. The van der Waals surface area contributed by atoms with Crippen molar-refractivity contribution in [2.24, 2.45) is 0 Å². The monoisotopic (exact) mass is 356 g/mol. The second kappa shape index (κ2) is 6.10. The largest absolute Gasteiger partial charge is 0.481 e. The summed E-state index contributed by atoms with van der Waals surface area (Å²) in [6.45, 7) is 0. The van der Waals surface area contributed by atoms with Gasteiger partial charge in [-0.25, -0.2) is 9.97 Å². The van der Waals surface area contributed by atoms with Gasteiger partial charge in [-0.1, -0.05) is 12.1 Å². The molecular weight excluding hydrogens is 343 g/mol. The Kier molecular flexibility index (Phi) is 4.48. The first kappa shape index (κ1) is 13.2. The zero-order valence-corrected chi connectivity index (χ0v) is 12.0. The first-order valence-electron chi connectivity index (χ1n) is 5.47. The maximum Gasteiger partial charge on any atom is 0.216 e. The molecule has 0 fully saturated rings. The van der Waals surface area contributed by atoms with E-state index in [0.29, 0.717) is 18.0 Å². The number of methoxy groups -OCH3 is 1. The van der Waals surface area contributed by atoms with Crippen LogP contribution >= 0.6 is 22.6 Å². The number of benzene rings is 1. The van der Waals surface area contributed by atoms with E-state index in [1.54, 1.807) is 6.07 Å². The van der Waals surface area contributed by atoms with Crippen molar-refractivity contribution < 1.29 is 9.84 Å². The molecule has 0 aliphatic carbocycles. The van der Waals surface area contributed by atoms with Crippen LogP contribution in [0.5, 0.6) is 5.88 Å². The van der Waals surface area contributed by atoms with Crippen LogP contribution in [0.1, 0.15) is 17.4 Å². The molecule has 1 aromatic carbocycles. The highest BCUT2D eigenvalue weighted by Gasteiger charge is 2.11. The normalized spacial score (nSPS) is 12.2. The Bertz CT molecular complexity index is 517. The fourth-order valence-corrected chi connectivity index (χ4v) is 1.96. The van der Waals surface area contributed by atoms with Crippen LogP contribution in [-0.2, 0) is 6.42 Å². The molecular formula is C13H13IN2O2. The van der Waals surface area contributed by atoms with Gasteiger partial charge in [-0.15, -0.1) is 0 Å². The molecule has 1 unspecified atom stereocenters. The predicted molar refractivity (Wildman–Crippen MR) is 76.4 cm³/mol. The zero-order valence-electron chi connectivity index (χ0n) is 9.88. The smallest absolute Gasteiger partial charge is 0.216 e. The Hall–Kier alpha value is -1.21. The third-order valence-electron chi connectivity index (χ3n) is 2.56. The lowest BCUT2D eigenvalue weighted by atomic mass is 10.1. The van der Waals surface area contributed by atoms with E-state index in [9.17, 15) is 5.11 Å². The summed E-state index contributed by atoms with van der Waals surface area (Å²) < 4.78 is 6.18. The molecule has 0 saturated heterocycles. The summed E-state index contributed by atoms with van der Waals surface area (Å²) in [6.07, 6.45) is 1.27. The fraction of sp³-hybridized carbons (Fsp3) is 0.231. The summed E-state index contributed by atoms with van der Waals surface area (Å²) in [5.41, 5.74) is 1.64. The maximum absolute atomic E-state index is 10.1. The minimum Gasteiger partial charge on any atom is -0.481 e. The lowest BCUT2D eigenvalue weighted by Gasteiger charge is -2.10. The third-order valence-corrected chi connectivity index (χ3v) is 3.28. The minimum atomic E-state index is -0.651. The summed E-state index contributed by atoms with van der Waals surface area (Å²) >= 11 is 2.25. The van der Waals surface area contributed by atoms with Crippen LogP contribution in [0, 0.1) is 3.57 Å². The van der Waals surface area contributed by atoms with Crippen molar-refractivity contribution in [2.45, 2.75) is 12.5 Å². The summed E-state index contributed by atoms with van der Waals surface area (Å²) in [6, 6.07) is 9.69. The average molecular weight is 356 g/mol. The number of rotatable bonds is 4. The van der Waals surface area contributed by atoms with E-state index in [1.807, 2.05) is 24.3 Å². The lowest BCUT2D eigenvalue weighted by molar-refractivity contribution is 0.172. The van der Waals surface area contributed by atoms with Gasteiger partial charge >= 0.3 is 0 Å². The molecule has 1 aromatic heterocycles. The number of hydrogen-bond acceptors (Lipinski definition) is 4. The molecule has 18 heavy (non-hydrogen) atoms. The van der Waals surface area contributed by atoms with Crippen LogP contribution in [0.15, 0.2) is 36.7 Å². The highest BCUT2D eigenvalue weighted by atomic mass is 127. The van der Waals surface area contributed by atoms with Gasteiger partial charge < -0.3 is 9.84 Å². The standard InChI is InChI=1S/C13H13IN2O2/c1-18-13-7-11(15-8-16-13)12(17)6-9-2-4-10(14)5-3-9/h2-5,7-8,12,17H,6H2,1H3. The SMILES string of the molecule is COc1cc(C(O)Cc2ccc(I)cc2)ncn1. The first-order chi connectivity index (χ1) is 8.69. The zero-order chi connectivity index (χ0) is 13.0. The highest BCUT2D eigenvalue weighted by molar-refractivity contribution is 14.1. The number of aromatic nitrogens is 2. The molecule has 1 atom stereocenters. The molecule has 1 heterocycles. The van der Waals surface area contributed by atoms with Crippen LogP contribution in [0.25, 0.3) is 0 Å². The molecule has 0 radical (unpaired) electrons. The number of nitrogens with zero attached hydrogens (tertiary/aromatic N) is 2. The van der Waals surface area contributed by atoms with E-state index >= 15 is 0 Å². The molecule has 5 heteroatoms. The van der Waals surface area contributed by atoms with Crippen LogP contribution in [0.2, 0.25) is 0 Å². The summed E-state index contributed by atoms with van der Waals surface area (Å²) in [4.78, 5) is 7.97. The number of hydrogen-bond donors (Lipinski definition) is 1. The topological polar surface area (TPSA) is 55.2 Å². The number of aliphatic hydroxyl groups is 1. The molecule has 0 aliphatic rings. The molecule has 2 rings (SSSR count). The molecule has 94 valence electrons. The van der Waals surface area contributed by atoms with Crippen molar-refractivity contribution in [3.8, 4) is 5.88 Å². The Morgan fingerprint density at radius 1 is 1.28 bits per heavy atom. The van der Waals surface area contributed by atoms with Crippen molar-refractivity contribution >= 4 is 22.6 Å². The highest BCUT2D eigenvalue weighted by Crippen LogP contribution is 2.19. The molecule has 0 saturated carbocycles. The number of aliphatic hydroxyl groups excluding tert-OH is 1. The molecule has 2 aromatic rings. The van der Waals surface area contributed by atoms with Crippen molar-refractivity contribution in [1.82, 2.24) is 9.97 Å². The van der Waals surface area contributed by atoms with Crippen LogP contribution in [0.3, 0.4) is 0 Å². The second-order valence-electron chi connectivity index (χ2n) is 3.83. The van der Waals surface area contributed by atoms with E-state index in [1.165, 1.54) is 17.0 Å². The molecule has 1 N–H and O–H groups in total. The molecule has 0 bridgehead atoms. The van der Waals surface area contributed by atoms with Gasteiger partial charge in [0.25, 0.3) is 0 Å². The van der Waals surface area contributed by atoms with Gasteiger partial charge in [0.15, 0.2) is 0 Å². The Morgan fingerprint density at radius 2 is 2.00 bits per heavy atom. The van der Waals surface area contributed by atoms with Gasteiger partial charge in [0.2, 0.25) is 5.88 Å². The van der Waals surface area contributed by atoms with Gasteiger partial charge in [0, 0.05) is 16.1 Å². The van der Waals surface area contributed by atoms with E-state index in [0.717, 1.165) is 5.56 Å².